The summed E-state index contributed by atoms with van der Waals surface area (Å²) in [5.74, 6) is -3.92. The Balaban J connectivity index is 0.000000439. The molecule has 0 unspecified atom stereocenters. The number of fused-ring (bicyclic) bond motifs is 1. The van der Waals surface area contributed by atoms with Gasteiger partial charge in [-0.3, -0.25) is 14.2 Å². The van der Waals surface area contributed by atoms with Gasteiger partial charge >= 0.3 is 17.6 Å². The second-order valence-electron chi connectivity index (χ2n) is 8.99. The largest absolute Gasteiger partial charge is 0.479 e. The Hall–Kier alpha value is -4.24. The second-order valence-corrected chi connectivity index (χ2v) is 8.99. The Bertz CT molecular complexity index is 1430. The number of carboxylic acids is 2. The van der Waals surface area contributed by atoms with E-state index in [1.807, 2.05) is 0 Å². The van der Waals surface area contributed by atoms with Crippen molar-refractivity contribution in [2.75, 3.05) is 19.6 Å². The zero-order chi connectivity index (χ0) is 28.7. The van der Waals surface area contributed by atoms with Gasteiger partial charge in [-0.25, -0.2) is 18.8 Å². The van der Waals surface area contributed by atoms with Gasteiger partial charge in [0.05, 0.1) is 10.9 Å². The molecule has 3 aromatic rings. The van der Waals surface area contributed by atoms with Gasteiger partial charge in [-0.05, 0) is 62.3 Å². The number of aromatic amines is 1. The van der Waals surface area contributed by atoms with E-state index in [0.29, 0.717) is 42.4 Å². The van der Waals surface area contributed by atoms with Crippen LogP contribution >= 0.6 is 0 Å². The summed E-state index contributed by atoms with van der Waals surface area (Å²) in [7, 11) is 0. The lowest BCUT2D eigenvalue weighted by atomic mass is 9.89. The second kappa shape index (κ2) is 14.2. The van der Waals surface area contributed by atoms with E-state index < -0.39 is 29.8 Å². The van der Waals surface area contributed by atoms with Crippen molar-refractivity contribution in [3.8, 4) is 0 Å². The molecule has 1 saturated heterocycles. The fraction of sp³-hybridized carbons (Fsp3) is 0.346. The quantitative estimate of drug-likeness (QED) is 0.221. The summed E-state index contributed by atoms with van der Waals surface area (Å²) in [5, 5.41) is 33.0. The SMILES string of the molecule is O.O=C(O)[C@H](O)[C@@H](O)C(=O)O.O=C(c1ccc(F)cc1)C1CCN(CCn2c(=O)[nH]c3ccccc3c2=O)CC1. The van der Waals surface area contributed by atoms with Crippen LogP contribution in [0.2, 0.25) is 0 Å². The minimum Gasteiger partial charge on any atom is -0.479 e. The first-order valence-electron chi connectivity index (χ1n) is 12.0. The molecule has 1 aliphatic rings. The van der Waals surface area contributed by atoms with Crippen molar-refractivity contribution in [3.63, 3.8) is 0 Å². The third kappa shape index (κ3) is 7.89. The molecule has 4 rings (SSSR count). The molecule has 0 spiro atoms. The van der Waals surface area contributed by atoms with E-state index in [2.05, 4.69) is 9.88 Å². The number of carbonyl (C=O) groups excluding carboxylic acids is 1. The molecule has 0 amide bonds. The van der Waals surface area contributed by atoms with Gasteiger partial charge in [0.15, 0.2) is 18.0 Å². The van der Waals surface area contributed by atoms with Crippen molar-refractivity contribution in [2.24, 2.45) is 5.92 Å². The number of aliphatic hydroxyl groups is 2. The number of likely N-dealkylation sites (tertiary alicyclic amines) is 1. The average molecular weight is 564 g/mol. The Labute approximate surface area is 226 Å². The summed E-state index contributed by atoms with van der Waals surface area (Å²) >= 11 is 0. The smallest absolute Gasteiger partial charge is 0.335 e. The highest BCUT2D eigenvalue weighted by Gasteiger charge is 2.29. The number of piperidine rings is 1. The van der Waals surface area contributed by atoms with Crippen molar-refractivity contribution >= 4 is 28.6 Å². The van der Waals surface area contributed by atoms with Crippen molar-refractivity contribution in [3.05, 3.63) is 80.7 Å². The van der Waals surface area contributed by atoms with Gasteiger partial charge < -0.3 is 35.8 Å². The predicted octanol–water partition coefficient (Wildman–Crippen LogP) is -0.523. The first-order valence-corrected chi connectivity index (χ1v) is 12.0. The van der Waals surface area contributed by atoms with Crippen LogP contribution < -0.4 is 11.2 Å². The van der Waals surface area contributed by atoms with Crippen molar-refractivity contribution in [1.82, 2.24) is 14.5 Å². The number of aliphatic carboxylic acids is 2. The predicted molar refractivity (Wildman–Crippen MR) is 140 cm³/mol. The van der Waals surface area contributed by atoms with E-state index in [1.54, 1.807) is 24.3 Å². The molecule has 0 radical (unpaired) electrons. The number of hydrogen-bond donors (Lipinski definition) is 5. The number of aliphatic hydroxyl groups excluding tert-OH is 2. The van der Waals surface area contributed by atoms with Crippen molar-refractivity contribution in [1.29, 1.82) is 0 Å². The Kier molecular flexibility index (Phi) is 11.4. The molecule has 2 aromatic carbocycles. The lowest BCUT2D eigenvalue weighted by molar-refractivity contribution is -0.165. The van der Waals surface area contributed by atoms with Crippen LogP contribution in [0.1, 0.15) is 23.2 Å². The Morgan fingerprint density at radius 2 is 1.45 bits per heavy atom. The molecule has 0 saturated carbocycles. The number of nitrogens with one attached hydrogen (secondary N) is 1. The molecule has 0 bridgehead atoms. The number of Topliss-reactive ketones (excluding diaryl/α,β-unsaturated/α-hetero) is 1. The fourth-order valence-electron chi connectivity index (χ4n) is 4.18. The molecule has 1 aromatic heterocycles. The Morgan fingerprint density at radius 1 is 0.900 bits per heavy atom. The minimum absolute atomic E-state index is 0. The van der Waals surface area contributed by atoms with E-state index in [0.717, 1.165) is 13.1 Å². The lowest BCUT2D eigenvalue weighted by Crippen LogP contribution is -2.42. The zero-order valence-electron chi connectivity index (χ0n) is 21.2. The molecule has 0 aliphatic carbocycles. The molecule has 13 nitrogen and oxygen atoms in total. The highest BCUT2D eigenvalue weighted by atomic mass is 19.1. The van der Waals surface area contributed by atoms with Crippen LogP contribution in [0.25, 0.3) is 10.9 Å². The van der Waals surface area contributed by atoms with Crippen molar-refractivity contribution in [2.45, 2.75) is 31.6 Å². The number of hydrogen-bond acceptors (Lipinski definition) is 8. The zero-order valence-corrected chi connectivity index (χ0v) is 21.2. The molecule has 1 aliphatic heterocycles. The topological polar surface area (TPSA) is 222 Å². The van der Waals surface area contributed by atoms with Crippen molar-refractivity contribution < 1.29 is 44.7 Å². The summed E-state index contributed by atoms with van der Waals surface area (Å²) in [5.41, 5.74) is 0.388. The third-order valence-electron chi connectivity index (χ3n) is 6.42. The number of H-pyrrole nitrogens is 1. The van der Waals surface area contributed by atoms with Gasteiger partial charge in [0.2, 0.25) is 0 Å². The minimum atomic E-state index is -2.27. The summed E-state index contributed by atoms with van der Waals surface area (Å²) in [4.78, 5) is 61.9. The number of benzene rings is 2. The molecule has 1 fully saturated rings. The van der Waals surface area contributed by atoms with E-state index in [1.165, 1.54) is 28.8 Å². The molecule has 7 N–H and O–H groups in total. The van der Waals surface area contributed by atoms with Gasteiger partial charge in [-0.15, -0.1) is 0 Å². The fourth-order valence-corrected chi connectivity index (χ4v) is 4.18. The number of rotatable bonds is 8. The number of para-hydroxylation sites is 1. The highest BCUT2D eigenvalue weighted by Crippen LogP contribution is 2.22. The summed E-state index contributed by atoms with van der Waals surface area (Å²) < 4.78 is 14.3. The number of ketones is 1. The molecular formula is C26H30FN3O10. The van der Waals surface area contributed by atoms with Gasteiger partial charge in [-0.2, -0.15) is 0 Å². The third-order valence-corrected chi connectivity index (χ3v) is 6.42. The monoisotopic (exact) mass is 563 g/mol. The van der Waals surface area contributed by atoms with Crippen LogP contribution in [0.4, 0.5) is 4.39 Å². The molecule has 2 atom stereocenters. The number of nitrogens with zero attached hydrogens (tertiary/aromatic N) is 2. The molecule has 2 heterocycles. The van der Waals surface area contributed by atoms with Gasteiger partial charge in [0.25, 0.3) is 5.56 Å². The summed E-state index contributed by atoms with van der Waals surface area (Å²) in [6.45, 7) is 2.31. The molecule has 40 heavy (non-hydrogen) atoms. The van der Waals surface area contributed by atoms with Crippen LogP contribution in [-0.4, -0.2) is 89.9 Å². The Morgan fingerprint density at radius 3 is 2.00 bits per heavy atom. The number of aromatic nitrogens is 2. The van der Waals surface area contributed by atoms with E-state index in [9.17, 15) is 28.4 Å². The van der Waals surface area contributed by atoms with E-state index in [-0.39, 0.29) is 28.6 Å². The lowest BCUT2D eigenvalue weighted by Gasteiger charge is -2.31. The first kappa shape index (κ1) is 32.0. The maximum absolute atomic E-state index is 13.0. The van der Waals surface area contributed by atoms with Crippen LogP contribution in [0, 0.1) is 11.7 Å². The van der Waals surface area contributed by atoms with E-state index in [4.69, 9.17) is 20.4 Å². The van der Waals surface area contributed by atoms with Crippen LogP contribution in [-0.2, 0) is 16.1 Å². The maximum atomic E-state index is 13.0. The van der Waals surface area contributed by atoms with Crippen LogP contribution in [0.5, 0.6) is 0 Å². The number of halogens is 1. The standard InChI is InChI=1S/C22H22FN3O3.C4H6O6.H2O/c23-17-7-5-15(6-8-17)20(27)16-9-11-25(12-10-16)13-14-26-21(28)18-3-1-2-4-19(18)24-22(26)29;5-1(3(7)8)2(6)4(9)10;/h1-8,16H,9-14H2,(H,24,29);1-2,5-6H,(H,7,8)(H,9,10);1H2/t;1-,2-;/m.1./s1. The summed E-state index contributed by atoms with van der Waals surface area (Å²) in [6.07, 6.45) is -3.12. The molecular weight excluding hydrogens is 533 g/mol. The van der Waals surface area contributed by atoms with Gasteiger partial charge in [0, 0.05) is 24.6 Å². The maximum Gasteiger partial charge on any atom is 0.335 e. The van der Waals surface area contributed by atoms with Crippen LogP contribution in [0.15, 0.2) is 58.1 Å². The van der Waals surface area contributed by atoms with Gasteiger partial charge in [0.1, 0.15) is 5.82 Å². The first-order chi connectivity index (χ1) is 18.5. The van der Waals surface area contributed by atoms with Crippen LogP contribution in [0.3, 0.4) is 0 Å². The van der Waals surface area contributed by atoms with E-state index >= 15 is 0 Å². The normalized spacial score (nSPS) is 15.3. The number of carbonyl (C=O) groups is 3. The van der Waals surface area contributed by atoms with Gasteiger partial charge in [-0.1, -0.05) is 12.1 Å². The average Bonchev–Trinajstić information content (AvgIpc) is 2.92. The highest BCUT2D eigenvalue weighted by molar-refractivity contribution is 5.97. The molecule has 216 valence electrons. The molecule has 14 heteroatoms. The summed E-state index contributed by atoms with van der Waals surface area (Å²) in [6, 6.07) is 12.6. The number of carboxylic acid groups (broad SMARTS) is 2.